The first-order valence-corrected chi connectivity index (χ1v) is 12.2. The third-order valence-electron chi connectivity index (χ3n) is 5.11. The summed E-state index contributed by atoms with van der Waals surface area (Å²) in [6.45, 7) is 8.91. The number of benzene rings is 2. The number of nitrogens with zero attached hydrogens (tertiary/aromatic N) is 3. The molecule has 7 heteroatoms. The molecule has 1 amide bonds. The Labute approximate surface area is 209 Å². The number of anilines is 1. The van der Waals surface area contributed by atoms with Crippen LogP contribution in [0.25, 0.3) is 23.0 Å². The standard InChI is InChI=1S/C25H24BrN5O.C2H6/c1-17-8-6-7-11-20(17)22-15-23(31-24(30-22)21(26)16-29-31)27-12-13-28-25(32)18(2)14-19-9-4-3-5-10-19;1-2/h3-11,14-16,27H,12-13H2,1-2H3,(H,28,32);1-2H3/b18-14+;. The second-order valence-corrected chi connectivity index (χ2v) is 8.34. The SMILES string of the molecule is C/C(=C\c1ccccc1)C(=O)NCCNc1cc(-c2ccccc2C)nc2c(Br)cnn12.CC. The van der Waals surface area contributed by atoms with Gasteiger partial charge in [0.1, 0.15) is 5.82 Å². The largest absolute Gasteiger partial charge is 0.368 e. The van der Waals surface area contributed by atoms with Crippen molar-refractivity contribution in [1.82, 2.24) is 19.9 Å². The van der Waals surface area contributed by atoms with Gasteiger partial charge in [0.25, 0.3) is 0 Å². The van der Waals surface area contributed by atoms with E-state index in [0.29, 0.717) is 18.7 Å². The molecule has 0 aliphatic rings. The molecule has 176 valence electrons. The van der Waals surface area contributed by atoms with Gasteiger partial charge in [-0.15, -0.1) is 0 Å². The first-order valence-electron chi connectivity index (χ1n) is 11.4. The Bertz CT molecular complexity index is 1280. The highest BCUT2D eigenvalue weighted by molar-refractivity contribution is 9.10. The zero-order valence-corrected chi connectivity index (χ0v) is 21.6. The van der Waals surface area contributed by atoms with Gasteiger partial charge in [-0.3, -0.25) is 4.79 Å². The van der Waals surface area contributed by atoms with E-state index in [1.807, 2.05) is 75.4 Å². The normalized spacial score (nSPS) is 11.0. The third-order valence-corrected chi connectivity index (χ3v) is 5.67. The fraction of sp³-hybridized carbons (Fsp3) is 0.222. The number of halogens is 1. The monoisotopic (exact) mass is 519 g/mol. The predicted molar refractivity (Wildman–Crippen MR) is 144 cm³/mol. The molecule has 0 unspecified atom stereocenters. The first-order chi connectivity index (χ1) is 16.5. The van der Waals surface area contributed by atoms with Crippen molar-refractivity contribution in [2.45, 2.75) is 27.7 Å². The number of hydrogen-bond acceptors (Lipinski definition) is 4. The van der Waals surface area contributed by atoms with Crippen molar-refractivity contribution >= 4 is 39.4 Å². The molecule has 0 fully saturated rings. The number of aryl methyl sites for hydroxylation is 1. The van der Waals surface area contributed by atoms with Gasteiger partial charge in [-0.25, -0.2) is 4.98 Å². The topological polar surface area (TPSA) is 71.3 Å². The van der Waals surface area contributed by atoms with Crippen LogP contribution in [0.5, 0.6) is 0 Å². The predicted octanol–water partition coefficient (Wildman–Crippen LogP) is 6.13. The molecule has 0 bridgehead atoms. The summed E-state index contributed by atoms with van der Waals surface area (Å²) < 4.78 is 2.58. The number of carbonyl (C=O) groups excluding carboxylic acids is 1. The zero-order valence-electron chi connectivity index (χ0n) is 20.0. The van der Waals surface area contributed by atoms with E-state index in [0.717, 1.165) is 38.3 Å². The Morgan fingerprint density at radius 3 is 2.50 bits per heavy atom. The molecule has 34 heavy (non-hydrogen) atoms. The third kappa shape index (κ3) is 6.11. The summed E-state index contributed by atoms with van der Waals surface area (Å²) in [5.74, 6) is 0.725. The van der Waals surface area contributed by atoms with E-state index >= 15 is 0 Å². The molecule has 0 spiro atoms. The Morgan fingerprint density at radius 2 is 1.76 bits per heavy atom. The average molecular weight is 520 g/mol. The molecule has 0 aliphatic carbocycles. The van der Waals surface area contributed by atoms with Crippen molar-refractivity contribution < 1.29 is 4.79 Å². The summed E-state index contributed by atoms with van der Waals surface area (Å²) in [6.07, 6.45) is 3.61. The van der Waals surface area contributed by atoms with Crippen LogP contribution in [0, 0.1) is 6.92 Å². The quantitative estimate of drug-likeness (QED) is 0.227. The summed E-state index contributed by atoms with van der Waals surface area (Å²) in [5.41, 5.74) is 5.50. The van der Waals surface area contributed by atoms with Crippen LogP contribution in [0.4, 0.5) is 5.82 Å². The lowest BCUT2D eigenvalue weighted by Gasteiger charge is -2.12. The molecule has 0 atom stereocenters. The van der Waals surface area contributed by atoms with Crippen LogP contribution >= 0.6 is 15.9 Å². The number of rotatable bonds is 7. The van der Waals surface area contributed by atoms with Crippen LogP contribution < -0.4 is 10.6 Å². The molecule has 6 nitrogen and oxygen atoms in total. The molecule has 2 heterocycles. The van der Waals surface area contributed by atoms with E-state index in [2.05, 4.69) is 50.7 Å². The van der Waals surface area contributed by atoms with Crippen molar-refractivity contribution in [3.8, 4) is 11.3 Å². The van der Waals surface area contributed by atoms with Gasteiger partial charge < -0.3 is 10.6 Å². The minimum Gasteiger partial charge on any atom is -0.368 e. The van der Waals surface area contributed by atoms with Crippen molar-refractivity contribution in [3.05, 3.63) is 88.0 Å². The molecule has 4 aromatic rings. The lowest BCUT2D eigenvalue weighted by atomic mass is 10.1. The number of aromatic nitrogens is 3. The van der Waals surface area contributed by atoms with Crippen LogP contribution in [0.15, 0.2) is 76.9 Å². The first kappa shape index (κ1) is 25.2. The maximum atomic E-state index is 12.4. The number of amides is 1. The van der Waals surface area contributed by atoms with Gasteiger partial charge in [0, 0.05) is 30.3 Å². The Balaban J connectivity index is 0.00000158. The van der Waals surface area contributed by atoms with Crippen molar-refractivity contribution in [2.75, 3.05) is 18.4 Å². The smallest absolute Gasteiger partial charge is 0.246 e. The molecule has 0 saturated heterocycles. The van der Waals surface area contributed by atoms with Crippen molar-refractivity contribution in [1.29, 1.82) is 0 Å². The van der Waals surface area contributed by atoms with Gasteiger partial charge in [0.2, 0.25) is 5.91 Å². The van der Waals surface area contributed by atoms with Crippen molar-refractivity contribution in [2.24, 2.45) is 0 Å². The van der Waals surface area contributed by atoms with Crippen molar-refractivity contribution in [3.63, 3.8) is 0 Å². The minimum atomic E-state index is -0.0852. The molecular formula is C27H30BrN5O. The molecule has 2 aromatic carbocycles. The number of fused-ring (bicyclic) bond motifs is 1. The van der Waals surface area contributed by atoms with E-state index in [9.17, 15) is 4.79 Å². The number of carbonyl (C=O) groups is 1. The lowest BCUT2D eigenvalue weighted by molar-refractivity contribution is -0.117. The summed E-state index contributed by atoms with van der Waals surface area (Å²) >= 11 is 3.53. The second-order valence-electron chi connectivity index (χ2n) is 7.49. The summed E-state index contributed by atoms with van der Waals surface area (Å²) in [4.78, 5) is 17.2. The second kappa shape index (κ2) is 12.1. The maximum Gasteiger partial charge on any atom is 0.246 e. The van der Waals surface area contributed by atoms with Crippen LogP contribution in [-0.4, -0.2) is 33.6 Å². The van der Waals surface area contributed by atoms with Crippen LogP contribution in [-0.2, 0) is 4.79 Å². The zero-order chi connectivity index (χ0) is 24.5. The molecular weight excluding hydrogens is 490 g/mol. The Morgan fingerprint density at radius 1 is 1.06 bits per heavy atom. The van der Waals surface area contributed by atoms with Crippen LogP contribution in [0.2, 0.25) is 0 Å². The van der Waals surface area contributed by atoms with Gasteiger partial charge in [-0.1, -0.05) is 68.4 Å². The minimum absolute atomic E-state index is 0.0852. The molecule has 0 saturated carbocycles. The van der Waals surface area contributed by atoms with Gasteiger partial charge in [0.15, 0.2) is 5.65 Å². The summed E-state index contributed by atoms with van der Waals surface area (Å²) in [6, 6.07) is 19.9. The maximum absolute atomic E-state index is 12.4. The Hall–Kier alpha value is -3.45. The average Bonchev–Trinajstić information content (AvgIpc) is 3.24. The molecule has 2 aromatic heterocycles. The molecule has 4 rings (SSSR count). The fourth-order valence-corrected chi connectivity index (χ4v) is 3.78. The van der Waals surface area contributed by atoms with Gasteiger partial charge in [0.05, 0.1) is 16.4 Å². The van der Waals surface area contributed by atoms with Gasteiger partial charge >= 0.3 is 0 Å². The number of hydrogen-bond donors (Lipinski definition) is 2. The highest BCUT2D eigenvalue weighted by Crippen LogP contribution is 2.27. The fourth-order valence-electron chi connectivity index (χ4n) is 3.43. The van der Waals surface area contributed by atoms with Gasteiger partial charge in [-0.2, -0.15) is 9.61 Å². The highest BCUT2D eigenvalue weighted by atomic mass is 79.9. The molecule has 0 radical (unpaired) electrons. The number of nitrogens with one attached hydrogen (secondary N) is 2. The molecule has 0 aliphatic heterocycles. The van der Waals surface area contributed by atoms with E-state index in [-0.39, 0.29) is 5.91 Å². The van der Waals surface area contributed by atoms with E-state index < -0.39 is 0 Å². The Kier molecular flexibility index (Phi) is 8.99. The molecule has 2 N–H and O–H groups in total. The van der Waals surface area contributed by atoms with Crippen LogP contribution in [0.3, 0.4) is 0 Å². The van der Waals surface area contributed by atoms with Crippen LogP contribution in [0.1, 0.15) is 31.9 Å². The summed E-state index contributed by atoms with van der Waals surface area (Å²) in [5, 5.41) is 10.8. The van der Waals surface area contributed by atoms with E-state index in [1.165, 1.54) is 0 Å². The van der Waals surface area contributed by atoms with Gasteiger partial charge in [-0.05, 0) is 47.0 Å². The summed E-state index contributed by atoms with van der Waals surface area (Å²) in [7, 11) is 0. The lowest BCUT2D eigenvalue weighted by Crippen LogP contribution is -2.29. The highest BCUT2D eigenvalue weighted by Gasteiger charge is 2.12. The van der Waals surface area contributed by atoms with E-state index in [4.69, 9.17) is 4.98 Å². The van der Waals surface area contributed by atoms with E-state index in [1.54, 1.807) is 10.7 Å².